The van der Waals surface area contributed by atoms with Gasteiger partial charge in [0.25, 0.3) is 0 Å². The van der Waals surface area contributed by atoms with Crippen molar-refractivity contribution in [3.8, 4) is 0 Å². The highest BCUT2D eigenvalue weighted by Gasteiger charge is 2.43. The van der Waals surface area contributed by atoms with Crippen LogP contribution in [0.2, 0.25) is 0 Å². The van der Waals surface area contributed by atoms with E-state index in [1.807, 2.05) is 0 Å². The molecule has 0 bridgehead atoms. The monoisotopic (exact) mass is 252 g/mol. The van der Waals surface area contributed by atoms with Gasteiger partial charge in [-0.3, -0.25) is 0 Å². The van der Waals surface area contributed by atoms with Gasteiger partial charge < -0.3 is 11.1 Å². The topological polar surface area (TPSA) is 38.0 Å². The van der Waals surface area contributed by atoms with Crippen LogP contribution in [0.3, 0.4) is 0 Å². The van der Waals surface area contributed by atoms with E-state index in [0.29, 0.717) is 5.92 Å². The summed E-state index contributed by atoms with van der Waals surface area (Å²) in [5.41, 5.74) is 5.24. The summed E-state index contributed by atoms with van der Waals surface area (Å²) in [6, 6.07) is 0. The maximum Gasteiger partial charge on any atom is 0.401 e. The highest BCUT2D eigenvalue weighted by molar-refractivity contribution is 4.99. The van der Waals surface area contributed by atoms with Gasteiger partial charge in [0.1, 0.15) is 0 Å². The van der Waals surface area contributed by atoms with Crippen LogP contribution in [-0.2, 0) is 0 Å². The molecule has 2 nitrogen and oxygen atoms in total. The van der Waals surface area contributed by atoms with Crippen molar-refractivity contribution in [3.05, 3.63) is 0 Å². The molecule has 0 heterocycles. The molecule has 3 N–H and O–H groups in total. The van der Waals surface area contributed by atoms with Crippen LogP contribution in [0.4, 0.5) is 13.2 Å². The Balaban J connectivity index is 2.75. The molecule has 0 aliphatic heterocycles. The van der Waals surface area contributed by atoms with Gasteiger partial charge >= 0.3 is 6.18 Å². The van der Waals surface area contributed by atoms with Crippen LogP contribution in [0.25, 0.3) is 0 Å². The lowest BCUT2D eigenvalue weighted by Crippen LogP contribution is -2.61. The second-order valence-corrected chi connectivity index (χ2v) is 5.43. The summed E-state index contributed by atoms with van der Waals surface area (Å²) in [6.45, 7) is 3.48. The van der Waals surface area contributed by atoms with Crippen molar-refractivity contribution in [1.82, 2.24) is 5.32 Å². The molecule has 0 aromatic heterocycles. The van der Waals surface area contributed by atoms with Crippen LogP contribution in [0, 0.1) is 11.8 Å². The summed E-state index contributed by atoms with van der Waals surface area (Å²) in [7, 11) is 0. The zero-order chi connectivity index (χ0) is 13.1. The summed E-state index contributed by atoms with van der Waals surface area (Å²) in [4.78, 5) is 0. The van der Waals surface area contributed by atoms with Crippen molar-refractivity contribution in [2.45, 2.75) is 51.2 Å². The normalized spacial score (nSPS) is 30.9. The molecule has 2 unspecified atom stereocenters. The minimum atomic E-state index is -4.17. The van der Waals surface area contributed by atoms with E-state index in [1.165, 1.54) is 0 Å². The van der Waals surface area contributed by atoms with Gasteiger partial charge in [-0.15, -0.1) is 0 Å². The average Bonchev–Trinajstić information content (AvgIpc) is 2.25. The minimum Gasteiger partial charge on any atom is -0.329 e. The van der Waals surface area contributed by atoms with Crippen LogP contribution in [0.15, 0.2) is 0 Å². The van der Waals surface area contributed by atoms with Crippen LogP contribution in [-0.4, -0.2) is 24.8 Å². The third-order valence-electron chi connectivity index (χ3n) is 3.91. The Morgan fingerprint density at radius 1 is 1.35 bits per heavy atom. The van der Waals surface area contributed by atoms with E-state index >= 15 is 0 Å². The van der Waals surface area contributed by atoms with Crippen molar-refractivity contribution in [1.29, 1.82) is 0 Å². The molecule has 5 heteroatoms. The second kappa shape index (κ2) is 5.57. The van der Waals surface area contributed by atoms with Gasteiger partial charge in [-0.05, 0) is 24.7 Å². The number of rotatable bonds is 4. The van der Waals surface area contributed by atoms with E-state index in [9.17, 15) is 13.2 Å². The lowest BCUT2D eigenvalue weighted by Gasteiger charge is -2.46. The van der Waals surface area contributed by atoms with Gasteiger partial charge in [-0.1, -0.05) is 26.7 Å². The Labute approximate surface area is 101 Å². The second-order valence-electron chi connectivity index (χ2n) is 5.43. The molecule has 1 aliphatic carbocycles. The Morgan fingerprint density at radius 2 is 2.00 bits per heavy atom. The number of halogens is 3. The van der Waals surface area contributed by atoms with E-state index < -0.39 is 18.3 Å². The Kier molecular flexibility index (Phi) is 4.84. The largest absolute Gasteiger partial charge is 0.401 e. The minimum absolute atomic E-state index is 0.239. The first kappa shape index (κ1) is 14.8. The number of nitrogens with one attached hydrogen (secondary N) is 1. The predicted molar refractivity (Wildman–Crippen MR) is 62.6 cm³/mol. The van der Waals surface area contributed by atoms with Gasteiger partial charge in [-0.25, -0.2) is 0 Å². The third kappa shape index (κ3) is 3.85. The number of hydrogen-bond donors (Lipinski definition) is 2. The third-order valence-corrected chi connectivity index (χ3v) is 3.91. The van der Waals surface area contributed by atoms with Crippen molar-refractivity contribution in [2.24, 2.45) is 17.6 Å². The lowest BCUT2D eigenvalue weighted by molar-refractivity contribution is -0.131. The van der Waals surface area contributed by atoms with Crippen molar-refractivity contribution >= 4 is 0 Å². The molecule has 1 saturated carbocycles. The smallest absolute Gasteiger partial charge is 0.329 e. The molecule has 0 spiro atoms. The Hall–Kier alpha value is -0.290. The number of hydrogen-bond acceptors (Lipinski definition) is 2. The highest BCUT2D eigenvalue weighted by atomic mass is 19.4. The quantitative estimate of drug-likeness (QED) is 0.807. The molecule has 1 fully saturated rings. The standard InChI is InChI=1S/C12H23F3N2/c1-9(2)10-5-3-4-6-11(10,7-16)17-8-12(13,14)15/h9-10,17H,3-8,16H2,1-2H3. The maximum absolute atomic E-state index is 12.3. The predicted octanol–water partition coefficient (Wildman–Crippen LogP) is 2.68. The van der Waals surface area contributed by atoms with Crippen molar-refractivity contribution in [3.63, 3.8) is 0 Å². The average molecular weight is 252 g/mol. The summed E-state index contributed by atoms with van der Waals surface area (Å²) < 4.78 is 37.0. The first-order valence-electron chi connectivity index (χ1n) is 6.32. The molecule has 2 atom stereocenters. The first-order chi connectivity index (χ1) is 7.81. The molecule has 0 saturated heterocycles. The van der Waals surface area contributed by atoms with Gasteiger partial charge in [0, 0.05) is 12.1 Å². The van der Waals surface area contributed by atoms with E-state index in [0.717, 1.165) is 25.7 Å². The number of nitrogens with two attached hydrogens (primary N) is 1. The summed E-state index contributed by atoms with van der Waals surface area (Å²) in [6.07, 6.45) is -0.382. The van der Waals surface area contributed by atoms with E-state index in [2.05, 4.69) is 19.2 Å². The van der Waals surface area contributed by atoms with Crippen LogP contribution < -0.4 is 11.1 Å². The molecule has 0 aromatic rings. The van der Waals surface area contributed by atoms with E-state index in [1.54, 1.807) is 0 Å². The van der Waals surface area contributed by atoms with E-state index in [4.69, 9.17) is 5.73 Å². The molecule has 1 aliphatic rings. The molecule has 102 valence electrons. The summed E-state index contributed by atoms with van der Waals surface area (Å²) in [5.74, 6) is 0.600. The molecule has 0 radical (unpaired) electrons. The fourth-order valence-corrected chi connectivity index (χ4v) is 3.06. The van der Waals surface area contributed by atoms with Crippen LogP contribution in [0.1, 0.15) is 39.5 Å². The Bertz CT molecular complexity index is 240. The summed E-state index contributed by atoms with van der Waals surface area (Å²) in [5, 5.41) is 2.71. The number of alkyl halides is 3. The van der Waals surface area contributed by atoms with E-state index in [-0.39, 0.29) is 12.5 Å². The molecular formula is C12H23F3N2. The van der Waals surface area contributed by atoms with Gasteiger partial charge in [0.15, 0.2) is 0 Å². The van der Waals surface area contributed by atoms with Crippen LogP contribution in [0.5, 0.6) is 0 Å². The molecule has 0 aromatic carbocycles. The van der Waals surface area contributed by atoms with Gasteiger partial charge in [0.2, 0.25) is 0 Å². The fraction of sp³-hybridized carbons (Fsp3) is 1.00. The van der Waals surface area contributed by atoms with Gasteiger partial charge in [0.05, 0.1) is 6.54 Å². The van der Waals surface area contributed by atoms with Crippen LogP contribution >= 0.6 is 0 Å². The molecule has 0 amide bonds. The highest BCUT2D eigenvalue weighted by Crippen LogP contribution is 2.38. The zero-order valence-corrected chi connectivity index (χ0v) is 10.6. The van der Waals surface area contributed by atoms with Crippen molar-refractivity contribution in [2.75, 3.05) is 13.1 Å². The molecule has 17 heavy (non-hydrogen) atoms. The Morgan fingerprint density at radius 3 is 2.47 bits per heavy atom. The van der Waals surface area contributed by atoms with Crippen molar-refractivity contribution < 1.29 is 13.2 Å². The maximum atomic E-state index is 12.3. The molecule has 1 rings (SSSR count). The SMILES string of the molecule is CC(C)C1CCCCC1(CN)NCC(F)(F)F. The fourth-order valence-electron chi connectivity index (χ4n) is 3.06. The summed E-state index contributed by atoms with van der Waals surface area (Å²) >= 11 is 0. The zero-order valence-electron chi connectivity index (χ0n) is 10.6. The lowest BCUT2D eigenvalue weighted by atomic mass is 9.68. The molecular weight excluding hydrogens is 229 g/mol. The first-order valence-corrected chi connectivity index (χ1v) is 6.32. The van der Waals surface area contributed by atoms with Gasteiger partial charge in [-0.2, -0.15) is 13.2 Å².